The fourth-order valence-electron chi connectivity index (χ4n) is 3.95. The molecule has 0 bridgehead atoms. The van der Waals surface area contributed by atoms with Crippen molar-refractivity contribution in [3.63, 3.8) is 0 Å². The molecular weight excluding hydrogens is 418 g/mol. The largest absolute Gasteiger partial charge is 0.444 e. The Morgan fingerprint density at radius 3 is 2.39 bits per heavy atom. The molecule has 1 saturated carbocycles. The van der Waals surface area contributed by atoms with Gasteiger partial charge in [0.1, 0.15) is 18.2 Å². The smallest absolute Gasteiger partial charge is 0.408 e. The summed E-state index contributed by atoms with van der Waals surface area (Å²) in [5.41, 5.74) is 2.26. The van der Waals surface area contributed by atoms with Crippen LogP contribution in [0.3, 0.4) is 0 Å². The van der Waals surface area contributed by atoms with Gasteiger partial charge in [-0.1, -0.05) is 38.0 Å². The number of unbranched alkanes of at least 4 members (excludes halogenated alkanes) is 2. The number of benzene rings is 1. The van der Waals surface area contributed by atoms with E-state index in [2.05, 4.69) is 17.6 Å². The first-order valence-corrected chi connectivity index (χ1v) is 12.2. The van der Waals surface area contributed by atoms with Gasteiger partial charge in [0.05, 0.1) is 0 Å². The Morgan fingerprint density at radius 1 is 1.12 bits per heavy atom. The third-order valence-corrected chi connectivity index (χ3v) is 6.09. The molecule has 0 aromatic heterocycles. The minimum atomic E-state index is -0.732. The minimum Gasteiger partial charge on any atom is -0.444 e. The summed E-state index contributed by atoms with van der Waals surface area (Å²) in [7, 11) is 0. The maximum Gasteiger partial charge on any atom is 0.408 e. The summed E-state index contributed by atoms with van der Waals surface area (Å²) in [6, 6.07) is 5.11. The molecule has 1 fully saturated rings. The van der Waals surface area contributed by atoms with Crippen LogP contribution in [0.2, 0.25) is 0 Å². The number of amides is 3. The summed E-state index contributed by atoms with van der Waals surface area (Å²) in [5.74, 6) is -0.447. The Balaban J connectivity index is 2.30. The number of alkyl carbamates (subject to hydrolysis) is 1. The van der Waals surface area contributed by atoms with Gasteiger partial charge in [-0.05, 0) is 77.0 Å². The van der Waals surface area contributed by atoms with Gasteiger partial charge in [0.25, 0.3) is 0 Å². The summed E-state index contributed by atoms with van der Waals surface area (Å²) in [6.45, 7) is 11.8. The molecule has 2 N–H and O–H groups in total. The zero-order valence-corrected chi connectivity index (χ0v) is 21.1. The van der Waals surface area contributed by atoms with Crippen molar-refractivity contribution in [2.24, 2.45) is 0 Å². The van der Waals surface area contributed by atoms with E-state index in [4.69, 9.17) is 4.74 Å². The summed E-state index contributed by atoms with van der Waals surface area (Å²) < 4.78 is 5.27. The van der Waals surface area contributed by atoms with Crippen molar-refractivity contribution < 1.29 is 19.1 Å². The molecule has 0 heterocycles. The van der Waals surface area contributed by atoms with Gasteiger partial charge in [0.15, 0.2) is 0 Å². The van der Waals surface area contributed by atoms with Crippen LogP contribution in [0.1, 0.15) is 89.0 Å². The fourth-order valence-corrected chi connectivity index (χ4v) is 3.95. The standard InChI is InChI=1S/C26H41N3O4/c1-7-8-9-16-27-24(31)23(21-15-10-12-18(2)19(21)3)29(20-13-11-14-20)22(30)17-28-25(32)33-26(4,5)6/h10,12,15,20,23H,7-9,11,13-14,16-17H2,1-6H3,(H,27,31)(H,28,32). The van der Waals surface area contributed by atoms with Gasteiger partial charge < -0.3 is 20.3 Å². The van der Waals surface area contributed by atoms with E-state index < -0.39 is 17.7 Å². The van der Waals surface area contributed by atoms with Crippen molar-refractivity contribution in [1.29, 1.82) is 0 Å². The Kier molecular flexibility index (Phi) is 9.74. The first-order valence-electron chi connectivity index (χ1n) is 12.2. The highest BCUT2D eigenvalue weighted by atomic mass is 16.6. The summed E-state index contributed by atoms with van der Waals surface area (Å²) in [6.07, 6.45) is 5.09. The predicted molar refractivity (Wildman–Crippen MR) is 130 cm³/mol. The Morgan fingerprint density at radius 2 is 1.82 bits per heavy atom. The molecule has 0 saturated heterocycles. The quantitative estimate of drug-likeness (QED) is 0.502. The monoisotopic (exact) mass is 459 g/mol. The average Bonchev–Trinajstić information content (AvgIpc) is 2.69. The van der Waals surface area contributed by atoms with Crippen LogP contribution in [0, 0.1) is 13.8 Å². The molecule has 184 valence electrons. The third-order valence-electron chi connectivity index (χ3n) is 6.09. The number of hydrogen-bond acceptors (Lipinski definition) is 4. The lowest BCUT2D eigenvalue weighted by molar-refractivity contribution is -0.145. The molecule has 1 atom stereocenters. The molecule has 1 aliphatic carbocycles. The number of carbonyl (C=O) groups excluding carboxylic acids is 3. The minimum absolute atomic E-state index is 0.0239. The first kappa shape index (κ1) is 26.7. The predicted octanol–water partition coefficient (Wildman–Crippen LogP) is 4.56. The number of aryl methyl sites for hydroxylation is 1. The Labute approximate surface area is 198 Å². The van der Waals surface area contributed by atoms with Gasteiger partial charge in [-0.15, -0.1) is 0 Å². The van der Waals surface area contributed by atoms with Crippen LogP contribution >= 0.6 is 0 Å². The number of nitrogens with one attached hydrogen (secondary N) is 2. The molecule has 3 amide bonds. The molecule has 1 aromatic carbocycles. The lowest BCUT2D eigenvalue weighted by Gasteiger charge is -2.42. The zero-order valence-electron chi connectivity index (χ0n) is 21.1. The number of carbonyl (C=O) groups is 3. The highest BCUT2D eigenvalue weighted by molar-refractivity contribution is 5.91. The van der Waals surface area contributed by atoms with E-state index in [0.717, 1.165) is 55.2 Å². The molecule has 0 aliphatic heterocycles. The molecule has 2 rings (SSSR count). The Hall–Kier alpha value is -2.57. The summed E-state index contributed by atoms with van der Waals surface area (Å²) in [5, 5.41) is 5.62. The molecular formula is C26H41N3O4. The van der Waals surface area contributed by atoms with Crippen LogP contribution in [0.4, 0.5) is 4.79 Å². The van der Waals surface area contributed by atoms with Crippen molar-refractivity contribution in [3.8, 4) is 0 Å². The highest BCUT2D eigenvalue weighted by Crippen LogP contribution is 2.34. The third kappa shape index (κ3) is 7.76. The maximum atomic E-state index is 13.5. The molecule has 33 heavy (non-hydrogen) atoms. The second kappa shape index (κ2) is 12.1. The van der Waals surface area contributed by atoms with E-state index in [-0.39, 0.29) is 24.4 Å². The lowest BCUT2D eigenvalue weighted by Crippen LogP contribution is -2.54. The van der Waals surface area contributed by atoms with Crippen LogP contribution in [0.5, 0.6) is 0 Å². The Bertz CT molecular complexity index is 827. The van der Waals surface area contributed by atoms with Crippen molar-refractivity contribution in [2.75, 3.05) is 13.1 Å². The summed E-state index contributed by atoms with van der Waals surface area (Å²) in [4.78, 5) is 40.7. The molecule has 0 spiro atoms. The van der Waals surface area contributed by atoms with Crippen LogP contribution < -0.4 is 10.6 Å². The number of rotatable bonds is 10. The van der Waals surface area contributed by atoms with Crippen LogP contribution in [-0.2, 0) is 14.3 Å². The highest BCUT2D eigenvalue weighted by Gasteiger charge is 2.39. The normalized spacial score (nSPS) is 14.7. The number of ether oxygens (including phenoxy) is 1. The summed E-state index contributed by atoms with van der Waals surface area (Å²) >= 11 is 0. The van der Waals surface area contributed by atoms with Crippen molar-refractivity contribution >= 4 is 17.9 Å². The van der Waals surface area contributed by atoms with E-state index in [0.29, 0.717) is 6.54 Å². The molecule has 1 aromatic rings. The van der Waals surface area contributed by atoms with Crippen molar-refractivity contribution in [2.45, 2.75) is 97.8 Å². The molecule has 1 aliphatic rings. The van der Waals surface area contributed by atoms with Crippen LogP contribution in [0.25, 0.3) is 0 Å². The van der Waals surface area contributed by atoms with E-state index in [9.17, 15) is 14.4 Å². The zero-order chi connectivity index (χ0) is 24.6. The second-order valence-electron chi connectivity index (χ2n) is 9.93. The van der Waals surface area contributed by atoms with Crippen LogP contribution in [-0.4, -0.2) is 47.5 Å². The fraction of sp³-hybridized carbons (Fsp3) is 0.654. The molecule has 7 heteroatoms. The van der Waals surface area contributed by atoms with E-state index in [1.807, 2.05) is 32.0 Å². The SMILES string of the molecule is CCCCCNC(=O)C(c1cccc(C)c1C)N(C(=O)CNC(=O)OC(C)(C)C)C1CCC1. The second-order valence-corrected chi connectivity index (χ2v) is 9.93. The molecule has 1 unspecified atom stereocenters. The van der Waals surface area contributed by atoms with Crippen LogP contribution in [0.15, 0.2) is 18.2 Å². The van der Waals surface area contributed by atoms with E-state index in [1.165, 1.54) is 0 Å². The average molecular weight is 460 g/mol. The van der Waals surface area contributed by atoms with Crippen molar-refractivity contribution in [1.82, 2.24) is 15.5 Å². The van der Waals surface area contributed by atoms with Gasteiger partial charge >= 0.3 is 6.09 Å². The van der Waals surface area contributed by atoms with Gasteiger partial charge in [-0.25, -0.2) is 4.79 Å². The first-order chi connectivity index (χ1) is 15.5. The van der Waals surface area contributed by atoms with Crippen molar-refractivity contribution in [3.05, 3.63) is 34.9 Å². The number of nitrogens with zero attached hydrogens (tertiary/aromatic N) is 1. The lowest BCUT2D eigenvalue weighted by atomic mass is 9.87. The van der Waals surface area contributed by atoms with Gasteiger partial charge in [-0.3, -0.25) is 9.59 Å². The van der Waals surface area contributed by atoms with E-state index in [1.54, 1.807) is 25.7 Å². The number of hydrogen-bond donors (Lipinski definition) is 2. The van der Waals surface area contributed by atoms with Gasteiger partial charge in [0, 0.05) is 12.6 Å². The molecule has 7 nitrogen and oxygen atoms in total. The topological polar surface area (TPSA) is 87.7 Å². The van der Waals surface area contributed by atoms with Gasteiger partial charge in [-0.2, -0.15) is 0 Å². The maximum absolute atomic E-state index is 13.5. The van der Waals surface area contributed by atoms with E-state index >= 15 is 0 Å². The molecule has 0 radical (unpaired) electrons. The van der Waals surface area contributed by atoms with Gasteiger partial charge in [0.2, 0.25) is 11.8 Å².